The number of aryl methyl sites for hydroxylation is 1. The quantitative estimate of drug-likeness (QED) is 0.721. The van der Waals surface area contributed by atoms with Gasteiger partial charge in [0.2, 0.25) is 0 Å². The van der Waals surface area contributed by atoms with Crippen molar-refractivity contribution in [2.75, 3.05) is 25.5 Å². The zero-order chi connectivity index (χ0) is 17.7. The number of rotatable bonds is 1. The Morgan fingerprint density at radius 1 is 1.28 bits per heavy atom. The molecule has 0 saturated carbocycles. The molecule has 6 nitrogen and oxygen atoms in total. The Labute approximate surface area is 149 Å². The van der Waals surface area contributed by atoms with Crippen LogP contribution in [0.15, 0.2) is 35.2 Å². The predicted molar refractivity (Wildman–Crippen MR) is 95.6 cm³/mol. The molecule has 7 heteroatoms. The summed E-state index contributed by atoms with van der Waals surface area (Å²) >= 11 is 1.23. The van der Waals surface area contributed by atoms with Crippen molar-refractivity contribution in [3.8, 4) is 0 Å². The molecule has 3 heterocycles. The largest absolute Gasteiger partial charge is 0.500 e. The molecule has 1 aromatic carbocycles. The van der Waals surface area contributed by atoms with Crippen molar-refractivity contribution in [3.63, 3.8) is 0 Å². The number of carbonyl (C=O) groups is 3. The van der Waals surface area contributed by atoms with E-state index in [2.05, 4.69) is 0 Å². The summed E-state index contributed by atoms with van der Waals surface area (Å²) in [6.07, 6.45) is 3.58. The Morgan fingerprint density at radius 2 is 2.04 bits per heavy atom. The summed E-state index contributed by atoms with van der Waals surface area (Å²) in [6, 6.07) is 7.55. The fourth-order valence-electron chi connectivity index (χ4n) is 3.50. The van der Waals surface area contributed by atoms with Gasteiger partial charge in [-0.1, -0.05) is 18.2 Å². The molecule has 3 aliphatic heterocycles. The van der Waals surface area contributed by atoms with Gasteiger partial charge in [-0.05, 0) is 42.3 Å². The maximum atomic E-state index is 13.1. The molecule has 0 aliphatic carbocycles. The summed E-state index contributed by atoms with van der Waals surface area (Å²) in [7, 11) is 3.11. The van der Waals surface area contributed by atoms with Crippen molar-refractivity contribution >= 4 is 40.3 Å². The summed E-state index contributed by atoms with van der Waals surface area (Å²) in [5.41, 5.74) is 2.10. The van der Waals surface area contributed by atoms with E-state index in [1.165, 1.54) is 28.9 Å². The van der Waals surface area contributed by atoms with Gasteiger partial charge in [-0.2, -0.15) is 14.3 Å². The first-order valence-electron chi connectivity index (χ1n) is 8.20. The lowest BCUT2D eigenvalue weighted by Crippen LogP contribution is -2.49. The van der Waals surface area contributed by atoms with Crippen LogP contribution in [0.5, 0.6) is 0 Å². The van der Waals surface area contributed by atoms with Crippen LogP contribution < -0.4 is 4.90 Å². The zero-order valence-electron chi connectivity index (χ0n) is 14.1. The number of benzene rings is 1. The lowest BCUT2D eigenvalue weighted by Gasteiger charge is -2.29. The molecule has 4 rings (SSSR count). The third-order valence-corrected chi connectivity index (χ3v) is 6.13. The number of thioether (sulfide) groups is 1. The van der Waals surface area contributed by atoms with Gasteiger partial charge < -0.3 is 4.90 Å². The molecule has 128 valence electrons. The average molecular weight is 356 g/mol. The van der Waals surface area contributed by atoms with Crippen LogP contribution in [0.1, 0.15) is 12.0 Å². The number of para-hydroxylation sites is 1. The van der Waals surface area contributed by atoms with Crippen molar-refractivity contribution in [1.82, 2.24) is 4.90 Å². The molecule has 25 heavy (non-hydrogen) atoms. The van der Waals surface area contributed by atoms with E-state index in [-0.39, 0.29) is 17.8 Å². The molecular weight excluding hydrogens is 338 g/mol. The molecule has 0 radical (unpaired) electrons. The van der Waals surface area contributed by atoms with Crippen molar-refractivity contribution in [3.05, 3.63) is 40.8 Å². The topological polar surface area (TPSA) is 60.7 Å². The molecule has 4 amide bonds. The molecule has 1 atom stereocenters. The fourth-order valence-corrected chi connectivity index (χ4v) is 4.64. The third kappa shape index (κ3) is 2.41. The third-order valence-electron chi connectivity index (χ3n) is 4.87. The van der Waals surface area contributed by atoms with Gasteiger partial charge in [0, 0.05) is 12.2 Å². The van der Waals surface area contributed by atoms with E-state index in [9.17, 15) is 14.4 Å². The van der Waals surface area contributed by atoms with Crippen LogP contribution in [-0.4, -0.2) is 53.0 Å². The highest BCUT2D eigenvalue weighted by atomic mass is 32.2. The number of hydrogen-bond donors (Lipinski definition) is 0. The number of amides is 4. The summed E-state index contributed by atoms with van der Waals surface area (Å²) in [6.45, 7) is 0.663. The highest BCUT2D eigenvalue weighted by Gasteiger charge is 2.48. The van der Waals surface area contributed by atoms with Gasteiger partial charge in [0.05, 0.1) is 19.0 Å². The standard InChI is InChI=1S/C18H18N3O3S/c1-19-15(22)12-10-14(25-17(12)20(2)18(19)24)16(23)21-9-5-7-11-6-3-4-8-13(11)21/h3-4,6,8,10,12H,5,7,9H2,1-2H3/q+1. The monoisotopic (exact) mass is 356 g/mol. The summed E-state index contributed by atoms with van der Waals surface area (Å²) in [5.74, 6) is -0.931. The second kappa shape index (κ2) is 5.84. The smallest absolute Gasteiger partial charge is 0.308 e. The van der Waals surface area contributed by atoms with Crippen molar-refractivity contribution in [2.24, 2.45) is 5.92 Å². The van der Waals surface area contributed by atoms with Crippen LogP contribution >= 0.6 is 11.8 Å². The lowest BCUT2D eigenvalue weighted by molar-refractivity contribution is -0.403. The second-order valence-electron chi connectivity index (χ2n) is 6.38. The number of fused-ring (bicyclic) bond motifs is 2. The number of urea groups is 1. The van der Waals surface area contributed by atoms with Gasteiger partial charge in [0.15, 0.2) is 5.04 Å². The summed E-state index contributed by atoms with van der Waals surface area (Å²) in [5, 5.41) is 0.613. The summed E-state index contributed by atoms with van der Waals surface area (Å²) in [4.78, 5) is 41.0. The molecule has 1 aromatic rings. The Kier molecular flexibility index (Phi) is 3.76. The number of nitrogens with zero attached hydrogens (tertiary/aromatic N) is 3. The Balaban J connectivity index is 1.68. The van der Waals surface area contributed by atoms with Crippen molar-refractivity contribution in [2.45, 2.75) is 12.8 Å². The normalized spacial score (nSPS) is 22.8. The van der Waals surface area contributed by atoms with Gasteiger partial charge in [0.25, 0.3) is 5.91 Å². The Morgan fingerprint density at radius 3 is 2.84 bits per heavy atom. The second-order valence-corrected chi connectivity index (χ2v) is 7.44. The number of carbonyl (C=O) groups excluding carboxylic acids is 3. The van der Waals surface area contributed by atoms with E-state index in [1.54, 1.807) is 18.0 Å². The average Bonchev–Trinajstić information content (AvgIpc) is 3.09. The van der Waals surface area contributed by atoms with Crippen LogP contribution in [-0.2, 0) is 16.0 Å². The SMILES string of the molecule is CN1C(=O)C2C=C(C(=O)N3CCCc4ccccc43)SC2=[N+](C)C1=O. The van der Waals surface area contributed by atoms with Crippen LogP contribution in [0.3, 0.4) is 0 Å². The first-order chi connectivity index (χ1) is 12.0. The molecule has 3 aliphatic rings. The number of hydrogen-bond acceptors (Lipinski definition) is 4. The minimum atomic E-state index is -0.545. The molecule has 0 fully saturated rings. The van der Waals surface area contributed by atoms with Gasteiger partial charge >= 0.3 is 11.9 Å². The van der Waals surface area contributed by atoms with E-state index < -0.39 is 5.92 Å². The van der Waals surface area contributed by atoms with Crippen LogP contribution in [0.2, 0.25) is 0 Å². The maximum Gasteiger partial charge on any atom is 0.500 e. The Hall–Kier alpha value is -2.41. The van der Waals surface area contributed by atoms with Crippen LogP contribution in [0.25, 0.3) is 0 Å². The molecule has 0 aromatic heterocycles. The molecular formula is C18H18N3O3S+. The van der Waals surface area contributed by atoms with Crippen molar-refractivity contribution < 1.29 is 19.0 Å². The van der Waals surface area contributed by atoms with Crippen LogP contribution in [0.4, 0.5) is 10.5 Å². The molecule has 0 spiro atoms. The maximum absolute atomic E-state index is 13.1. The Bertz CT molecular complexity index is 874. The molecule has 0 saturated heterocycles. The van der Waals surface area contributed by atoms with Gasteiger partial charge in [-0.25, -0.2) is 4.79 Å². The van der Waals surface area contributed by atoms with Gasteiger partial charge in [0.1, 0.15) is 5.92 Å². The highest BCUT2D eigenvalue weighted by molar-refractivity contribution is 8.18. The summed E-state index contributed by atoms with van der Waals surface area (Å²) < 4.78 is 1.46. The minimum Gasteiger partial charge on any atom is -0.308 e. The van der Waals surface area contributed by atoms with E-state index >= 15 is 0 Å². The molecule has 0 bridgehead atoms. The first kappa shape index (κ1) is 16.1. The first-order valence-corrected chi connectivity index (χ1v) is 9.02. The minimum absolute atomic E-state index is 0.102. The van der Waals surface area contributed by atoms with Crippen molar-refractivity contribution in [1.29, 1.82) is 0 Å². The van der Waals surface area contributed by atoms with Gasteiger partial charge in [-0.15, -0.1) is 0 Å². The van der Waals surface area contributed by atoms with E-state index in [4.69, 9.17) is 0 Å². The molecule has 0 N–H and O–H groups in total. The number of anilines is 1. The van der Waals surface area contributed by atoms with Crippen LogP contribution in [0, 0.1) is 5.92 Å². The van der Waals surface area contributed by atoms with Gasteiger partial charge in [-0.3, -0.25) is 4.79 Å². The zero-order valence-corrected chi connectivity index (χ0v) is 14.9. The molecule has 1 unspecified atom stereocenters. The fraction of sp³-hybridized carbons (Fsp3) is 0.333. The van der Waals surface area contributed by atoms with E-state index in [0.29, 0.717) is 16.5 Å². The predicted octanol–water partition coefficient (Wildman–Crippen LogP) is 1.85. The number of imide groups is 1. The lowest BCUT2D eigenvalue weighted by atomic mass is 10.0. The van der Waals surface area contributed by atoms with E-state index in [1.807, 2.05) is 24.3 Å². The van der Waals surface area contributed by atoms with E-state index in [0.717, 1.165) is 23.4 Å². The highest BCUT2D eigenvalue weighted by Crippen LogP contribution is 2.38.